The molecule has 7 rings (SSSR count). The molecule has 4 aliphatic carbocycles. The molecular formula is C31H40ClNO6. The lowest BCUT2D eigenvalue weighted by molar-refractivity contribution is -0.265. The van der Waals surface area contributed by atoms with Crippen molar-refractivity contribution < 1.29 is 28.8 Å². The Morgan fingerprint density at radius 3 is 2.59 bits per heavy atom. The van der Waals surface area contributed by atoms with Gasteiger partial charge in [-0.15, -0.1) is 11.6 Å². The lowest BCUT2D eigenvalue weighted by atomic mass is 9.45. The molecule has 2 heterocycles. The Morgan fingerprint density at radius 1 is 1.15 bits per heavy atom. The van der Waals surface area contributed by atoms with Crippen molar-refractivity contribution in [2.75, 3.05) is 25.9 Å². The van der Waals surface area contributed by atoms with Crippen LogP contribution in [0.3, 0.4) is 0 Å². The van der Waals surface area contributed by atoms with Crippen molar-refractivity contribution in [2.45, 2.75) is 69.8 Å². The van der Waals surface area contributed by atoms with Crippen molar-refractivity contribution in [2.24, 2.45) is 34.5 Å². The number of ketones is 1. The van der Waals surface area contributed by atoms with Gasteiger partial charge < -0.3 is 29.8 Å². The number of nitrogen functional groups attached to an aromatic ring is 1. The Labute approximate surface area is 235 Å². The van der Waals surface area contributed by atoms with Crippen molar-refractivity contribution in [1.29, 1.82) is 0 Å². The van der Waals surface area contributed by atoms with Crippen molar-refractivity contribution >= 4 is 23.1 Å². The number of ether oxygens (including phenoxy) is 4. The highest BCUT2D eigenvalue weighted by Gasteiger charge is 2.79. The standard InChI is InChI=1S/C24H31ClO6.C7H9N/c1-13-6-16-19-17(25)8-14-7-15(26)4-5-21(14,2)20(19)18(27)9-22(16,3)24(13)23(30-12-31-24)10-28-11-29-23;1-6-3-2-4-7(8)5-6/h4-5,7,13,16-20,27H,6,8-12H2,1-3H3;2-5H,8H2,1H3/t13-,16+,17-,18+,19-,20+,21+,22+,23?,24-;/m1./s1. The highest BCUT2D eigenvalue weighted by atomic mass is 35.5. The van der Waals surface area contributed by atoms with E-state index in [-0.39, 0.29) is 59.2 Å². The molecule has 0 amide bonds. The molecule has 7 nitrogen and oxygen atoms in total. The molecule has 3 N–H and O–H groups in total. The van der Waals surface area contributed by atoms with Gasteiger partial charge in [-0.05, 0) is 73.8 Å². The summed E-state index contributed by atoms with van der Waals surface area (Å²) < 4.78 is 24.3. The minimum absolute atomic E-state index is 0.00944. The van der Waals surface area contributed by atoms with Crippen molar-refractivity contribution in [1.82, 2.24) is 0 Å². The Morgan fingerprint density at radius 2 is 1.92 bits per heavy atom. The first-order valence-electron chi connectivity index (χ1n) is 14.1. The number of aryl methyl sites for hydroxylation is 1. The number of hydrogen-bond acceptors (Lipinski definition) is 7. The Kier molecular flexibility index (Phi) is 6.61. The van der Waals surface area contributed by atoms with Gasteiger partial charge in [0.2, 0.25) is 5.79 Å². The number of carbonyl (C=O) groups is 1. The predicted octanol–water partition coefficient (Wildman–Crippen LogP) is 4.75. The minimum Gasteiger partial charge on any atom is -0.399 e. The average molecular weight is 558 g/mol. The summed E-state index contributed by atoms with van der Waals surface area (Å²) in [5.41, 5.74) is 7.13. The second-order valence-corrected chi connectivity index (χ2v) is 13.4. The van der Waals surface area contributed by atoms with E-state index in [4.69, 9.17) is 36.3 Å². The van der Waals surface area contributed by atoms with Crippen LogP contribution in [-0.4, -0.2) is 54.0 Å². The first-order valence-corrected chi connectivity index (χ1v) is 14.5. The fraction of sp³-hybridized carbons (Fsp3) is 0.645. The van der Waals surface area contributed by atoms with Gasteiger partial charge >= 0.3 is 0 Å². The molecule has 0 aromatic heterocycles. The van der Waals surface area contributed by atoms with Gasteiger partial charge in [0.25, 0.3) is 0 Å². The van der Waals surface area contributed by atoms with Crippen LogP contribution < -0.4 is 5.73 Å². The number of nitrogens with two attached hydrogens (primary N) is 1. The molecule has 1 unspecified atom stereocenters. The molecule has 3 saturated carbocycles. The molecule has 2 spiro atoms. The average Bonchev–Trinajstić information content (AvgIpc) is 3.55. The largest absolute Gasteiger partial charge is 0.399 e. The summed E-state index contributed by atoms with van der Waals surface area (Å²) in [6.45, 7) is 9.32. The van der Waals surface area contributed by atoms with Crippen LogP contribution in [0.2, 0.25) is 0 Å². The maximum Gasteiger partial charge on any atom is 0.227 e. The second kappa shape index (κ2) is 9.40. The molecule has 1 aromatic rings. The zero-order valence-corrected chi connectivity index (χ0v) is 23.9. The van der Waals surface area contributed by atoms with E-state index in [0.29, 0.717) is 19.4 Å². The zero-order valence-electron chi connectivity index (χ0n) is 23.2. The minimum atomic E-state index is -0.939. The summed E-state index contributed by atoms with van der Waals surface area (Å²) in [7, 11) is 0. The fourth-order valence-electron chi connectivity index (χ4n) is 9.44. The van der Waals surface area contributed by atoms with Gasteiger partial charge in [0.05, 0.1) is 6.10 Å². The first kappa shape index (κ1) is 27.4. The Bertz CT molecular complexity index is 1190. The van der Waals surface area contributed by atoms with Crippen molar-refractivity contribution in [3.05, 3.63) is 53.6 Å². The van der Waals surface area contributed by atoms with Gasteiger partial charge in [-0.3, -0.25) is 4.79 Å². The third-order valence-electron chi connectivity index (χ3n) is 10.9. The van der Waals surface area contributed by atoms with E-state index in [0.717, 1.165) is 17.7 Å². The number of anilines is 1. The topological polar surface area (TPSA) is 100 Å². The van der Waals surface area contributed by atoms with Gasteiger partial charge in [-0.1, -0.05) is 44.6 Å². The highest BCUT2D eigenvalue weighted by molar-refractivity contribution is 6.21. The van der Waals surface area contributed by atoms with E-state index in [2.05, 4.69) is 20.8 Å². The quantitative estimate of drug-likeness (QED) is 0.351. The lowest BCUT2D eigenvalue weighted by Crippen LogP contribution is -2.68. The van der Waals surface area contributed by atoms with Gasteiger partial charge in [0, 0.05) is 27.8 Å². The number of carbonyl (C=O) groups excluding carboxylic acids is 1. The van der Waals surface area contributed by atoms with Gasteiger partial charge in [-0.2, -0.15) is 0 Å². The number of halogens is 1. The molecule has 212 valence electrons. The van der Waals surface area contributed by atoms with Gasteiger partial charge in [0.1, 0.15) is 12.2 Å². The van der Waals surface area contributed by atoms with Crippen molar-refractivity contribution in [3.8, 4) is 0 Å². The molecule has 2 aliphatic heterocycles. The van der Waals surface area contributed by atoms with Crippen LogP contribution in [0.15, 0.2) is 48.1 Å². The summed E-state index contributed by atoms with van der Waals surface area (Å²) in [5.74, 6) is -0.472. The molecule has 5 fully saturated rings. The molecule has 1 aromatic carbocycles. The normalized spacial score (nSPS) is 47.8. The van der Waals surface area contributed by atoms with E-state index in [1.165, 1.54) is 5.56 Å². The maximum absolute atomic E-state index is 12.1. The molecule has 10 atom stereocenters. The van der Waals surface area contributed by atoms with Gasteiger partial charge in [-0.25, -0.2) is 0 Å². The number of alkyl halides is 1. The van der Waals surface area contributed by atoms with E-state index >= 15 is 0 Å². The van der Waals surface area contributed by atoms with E-state index < -0.39 is 17.5 Å². The summed E-state index contributed by atoms with van der Waals surface area (Å²) in [4.78, 5) is 12.1. The van der Waals surface area contributed by atoms with Crippen LogP contribution in [0.1, 0.15) is 45.6 Å². The number of aliphatic hydroxyl groups is 1. The van der Waals surface area contributed by atoms with Crippen LogP contribution in [0.25, 0.3) is 0 Å². The van der Waals surface area contributed by atoms with Gasteiger partial charge in [0.15, 0.2) is 19.4 Å². The van der Waals surface area contributed by atoms with E-state index in [1.54, 1.807) is 12.2 Å². The number of aliphatic hydroxyl groups excluding tert-OH is 1. The summed E-state index contributed by atoms with van der Waals surface area (Å²) in [6.07, 6.45) is 6.99. The first-order chi connectivity index (χ1) is 18.5. The molecule has 0 radical (unpaired) electrons. The molecule has 2 saturated heterocycles. The van der Waals surface area contributed by atoms with E-state index in [9.17, 15) is 9.90 Å². The van der Waals surface area contributed by atoms with E-state index in [1.807, 2.05) is 37.3 Å². The Balaban J connectivity index is 0.000000299. The Hall–Kier alpha value is -1.74. The number of allylic oxidation sites excluding steroid dienone is 4. The number of fused-ring (bicyclic) bond motifs is 7. The summed E-state index contributed by atoms with van der Waals surface area (Å²) >= 11 is 7.09. The molecular weight excluding hydrogens is 518 g/mol. The van der Waals surface area contributed by atoms with Crippen LogP contribution in [0, 0.1) is 41.4 Å². The summed E-state index contributed by atoms with van der Waals surface area (Å²) in [6, 6.07) is 7.80. The smallest absolute Gasteiger partial charge is 0.227 e. The van der Waals surface area contributed by atoms with Crippen LogP contribution in [-0.2, 0) is 23.7 Å². The molecule has 8 heteroatoms. The van der Waals surface area contributed by atoms with Crippen LogP contribution >= 0.6 is 11.6 Å². The monoisotopic (exact) mass is 557 g/mol. The maximum atomic E-state index is 12.1. The summed E-state index contributed by atoms with van der Waals surface area (Å²) in [5, 5.41) is 11.5. The predicted molar refractivity (Wildman–Crippen MR) is 148 cm³/mol. The molecule has 0 bridgehead atoms. The third-order valence-corrected chi connectivity index (χ3v) is 11.3. The lowest BCUT2D eigenvalue weighted by Gasteiger charge is -2.62. The highest BCUT2D eigenvalue weighted by Crippen LogP contribution is 2.73. The zero-order chi connectivity index (χ0) is 27.8. The number of benzene rings is 1. The second-order valence-electron chi connectivity index (χ2n) is 12.9. The number of hydrogen-bond donors (Lipinski definition) is 2. The molecule has 39 heavy (non-hydrogen) atoms. The van der Waals surface area contributed by atoms with Crippen LogP contribution in [0.4, 0.5) is 5.69 Å². The van der Waals surface area contributed by atoms with Crippen molar-refractivity contribution in [3.63, 3.8) is 0 Å². The van der Waals surface area contributed by atoms with Crippen LogP contribution in [0.5, 0.6) is 0 Å². The number of rotatable bonds is 0. The fourth-order valence-corrected chi connectivity index (χ4v) is 9.94. The third kappa shape index (κ3) is 3.77. The SMILES string of the molecule is C[C@@H]1C[C@H]2[C@H]3[C@H]([C@@H](O)C[C@]2(C)[C@]12OCOC21COCO1)[C@@]1(C)C=CC(=O)C=C1C[C@H]3Cl.Cc1cccc(N)c1. The molecule has 6 aliphatic rings.